The average Bonchev–Trinajstić information content (AvgIpc) is 3.10. The van der Waals surface area contributed by atoms with Crippen molar-refractivity contribution in [2.24, 2.45) is 0 Å². The van der Waals surface area contributed by atoms with Gasteiger partial charge in [0.15, 0.2) is 0 Å². The summed E-state index contributed by atoms with van der Waals surface area (Å²) in [6, 6.07) is 8.50. The second-order valence-electron chi connectivity index (χ2n) is 8.03. The zero-order chi connectivity index (χ0) is 22.6. The van der Waals surface area contributed by atoms with E-state index in [4.69, 9.17) is 9.47 Å². The van der Waals surface area contributed by atoms with Gasteiger partial charge in [-0.3, -0.25) is 9.78 Å². The van der Waals surface area contributed by atoms with Crippen molar-refractivity contribution in [3.8, 4) is 5.75 Å². The molecule has 0 bridgehead atoms. The van der Waals surface area contributed by atoms with Gasteiger partial charge < -0.3 is 14.4 Å². The van der Waals surface area contributed by atoms with E-state index in [1.807, 2.05) is 17.0 Å². The molecule has 2 aromatic rings. The number of carbonyl (C=O) groups excluding carboxylic acids is 1. The second kappa shape index (κ2) is 9.97. The normalized spacial score (nSPS) is 20.5. The lowest BCUT2D eigenvalue weighted by molar-refractivity contribution is 0.0680. The predicted molar refractivity (Wildman–Crippen MR) is 119 cm³/mol. The van der Waals surface area contributed by atoms with Crippen LogP contribution in [0.1, 0.15) is 47.6 Å². The third kappa shape index (κ3) is 4.65. The maximum absolute atomic E-state index is 13.6. The molecule has 0 radical (unpaired) electrons. The SMILES string of the molecule is COc1ccc(C(=O)N2CCCCCC2c2ccncc2)cc1S(=O)(=O)N1CCOCC1. The second-order valence-corrected chi connectivity index (χ2v) is 9.93. The van der Waals surface area contributed by atoms with Gasteiger partial charge in [0.2, 0.25) is 10.0 Å². The van der Waals surface area contributed by atoms with Crippen molar-refractivity contribution in [1.29, 1.82) is 0 Å². The van der Waals surface area contributed by atoms with Crippen LogP contribution in [0.5, 0.6) is 5.75 Å². The third-order valence-corrected chi connectivity index (χ3v) is 8.02. The van der Waals surface area contributed by atoms with E-state index in [0.717, 1.165) is 31.2 Å². The standard InChI is InChI=1S/C23H29N3O5S/c1-30-21-7-6-19(17-22(21)32(28,29)25-13-15-31-16-14-25)23(27)26-12-4-2-3-5-20(26)18-8-10-24-11-9-18/h6-11,17,20H,2-5,12-16H2,1H3. The van der Waals surface area contributed by atoms with Gasteiger partial charge >= 0.3 is 0 Å². The van der Waals surface area contributed by atoms with Gasteiger partial charge in [0.25, 0.3) is 5.91 Å². The molecule has 32 heavy (non-hydrogen) atoms. The van der Waals surface area contributed by atoms with Crippen LogP contribution in [0.15, 0.2) is 47.6 Å². The number of pyridine rings is 1. The van der Waals surface area contributed by atoms with Crippen LogP contribution in [0.3, 0.4) is 0 Å². The Labute approximate surface area is 189 Å². The van der Waals surface area contributed by atoms with Gasteiger partial charge in [-0.2, -0.15) is 4.31 Å². The minimum atomic E-state index is -3.82. The van der Waals surface area contributed by atoms with Crippen LogP contribution in [0, 0.1) is 0 Å². The number of rotatable bonds is 5. The van der Waals surface area contributed by atoms with Gasteiger partial charge in [-0.1, -0.05) is 12.8 Å². The number of amides is 1. The first kappa shape index (κ1) is 22.7. The molecule has 9 heteroatoms. The van der Waals surface area contributed by atoms with Gasteiger partial charge in [0, 0.05) is 37.6 Å². The van der Waals surface area contributed by atoms with E-state index in [1.165, 1.54) is 17.5 Å². The Balaban J connectivity index is 1.69. The summed E-state index contributed by atoms with van der Waals surface area (Å²) in [5, 5.41) is 0. The summed E-state index contributed by atoms with van der Waals surface area (Å²) in [6.07, 6.45) is 7.36. The molecule has 2 saturated heterocycles. The summed E-state index contributed by atoms with van der Waals surface area (Å²) < 4.78 is 38.7. The molecule has 0 spiro atoms. The Morgan fingerprint density at radius 3 is 2.53 bits per heavy atom. The highest BCUT2D eigenvalue weighted by Gasteiger charge is 2.32. The zero-order valence-electron chi connectivity index (χ0n) is 18.3. The van der Waals surface area contributed by atoms with Gasteiger partial charge in [0.1, 0.15) is 10.6 Å². The van der Waals surface area contributed by atoms with Crippen LogP contribution in [0.2, 0.25) is 0 Å². The van der Waals surface area contributed by atoms with Crippen molar-refractivity contribution in [1.82, 2.24) is 14.2 Å². The summed E-state index contributed by atoms with van der Waals surface area (Å²) in [5.41, 5.74) is 1.39. The Kier molecular flexibility index (Phi) is 7.07. The molecule has 1 unspecified atom stereocenters. The first-order valence-corrected chi connectivity index (χ1v) is 12.4. The number of aromatic nitrogens is 1. The third-order valence-electron chi connectivity index (χ3n) is 6.10. The summed E-state index contributed by atoms with van der Waals surface area (Å²) in [4.78, 5) is 19.6. The van der Waals surface area contributed by atoms with Crippen LogP contribution < -0.4 is 4.74 Å². The number of likely N-dealkylation sites (tertiary alicyclic amines) is 1. The van der Waals surface area contributed by atoms with Crippen molar-refractivity contribution < 1.29 is 22.7 Å². The molecule has 2 aliphatic heterocycles. The van der Waals surface area contributed by atoms with Crippen molar-refractivity contribution >= 4 is 15.9 Å². The number of carbonyl (C=O) groups is 1. The Morgan fingerprint density at radius 1 is 1.06 bits per heavy atom. The first-order valence-electron chi connectivity index (χ1n) is 11.0. The van der Waals surface area contributed by atoms with E-state index in [-0.39, 0.29) is 35.7 Å². The monoisotopic (exact) mass is 459 g/mol. The van der Waals surface area contributed by atoms with Gasteiger partial charge in [0.05, 0.1) is 26.4 Å². The molecule has 2 fully saturated rings. The number of benzene rings is 1. The highest BCUT2D eigenvalue weighted by atomic mass is 32.2. The Hall–Kier alpha value is -2.49. The minimum Gasteiger partial charge on any atom is -0.495 e. The molecule has 1 amide bonds. The highest BCUT2D eigenvalue weighted by Crippen LogP contribution is 2.33. The highest BCUT2D eigenvalue weighted by molar-refractivity contribution is 7.89. The lowest BCUT2D eigenvalue weighted by Gasteiger charge is -2.31. The lowest BCUT2D eigenvalue weighted by atomic mass is 10.0. The molecule has 0 saturated carbocycles. The molecular formula is C23H29N3O5S. The smallest absolute Gasteiger partial charge is 0.254 e. The first-order chi connectivity index (χ1) is 15.5. The summed E-state index contributed by atoms with van der Waals surface area (Å²) in [5.74, 6) is 0.0596. The molecule has 0 aliphatic carbocycles. The van der Waals surface area contributed by atoms with Gasteiger partial charge in [-0.25, -0.2) is 8.42 Å². The lowest BCUT2D eigenvalue weighted by Crippen LogP contribution is -2.41. The molecule has 2 aliphatic rings. The van der Waals surface area contributed by atoms with E-state index < -0.39 is 10.0 Å². The Morgan fingerprint density at radius 2 is 1.81 bits per heavy atom. The van der Waals surface area contributed by atoms with E-state index >= 15 is 0 Å². The molecule has 1 atom stereocenters. The fourth-order valence-corrected chi connectivity index (χ4v) is 5.98. The molecular weight excluding hydrogens is 430 g/mol. The predicted octanol–water partition coefficient (Wildman–Crippen LogP) is 2.87. The molecule has 4 rings (SSSR count). The number of methoxy groups -OCH3 is 1. The summed E-state index contributed by atoms with van der Waals surface area (Å²) in [6.45, 7) is 1.88. The fourth-order valence-electron chi connectivity index (χ4n) is 4.39. The molecule has 1 aromatic carbocycles. The summed E-state index contributed by atoms with van der Waals surface area (Å²) >= 11 is 0. The number of hydrogen-bond acceptors (Lipinski definition) is 6. The molecule has 1 aromatic heterocycles. The molecule has 3 heterocycles. The van der Waals surface area contributed by atoms with Gasteiger partial charge in [-0.05, 0) is 48.7 Å². The van der Waals surface area contributed by atoms with Gasteiger partial charge in [-0.15, -0.1) is 0 Å². The van der Waals surface area contributed by atoms with E-state index in [1.54, 1.807) is 24.5 Å². The quantitative estimate of drug-likeness (QED) is 0.683. The van der Waals surface area contributed by atoms with Crippen LogP contribution >= 0.6 is 0 Å². The number of ether oxygens (including phenoxy) is 2. The molecule has 172 valence electrons. The fraction of sp³-hybridized carbons (Fsp3) is 0.478. The van der Waals surface area contributed by atoms with Crippen molar-refractivity contribution in [2.75, 3.05) is 40.0 Å². The van der Waals surface area contributed by atoms with Crippen molar-refractivity contribution in [3.05, 3.63) is 53.9 Å². The maximum atomic E-state index is 13.6. The number of sulfonamides is 1. The topological polar surface area (TPSA) is 89.0 Å². The van der Waals surface area contributed by atoms with Crippen LogP contribution in [-0.4, -0.2) is 68.5 Å². The maximum Gasteiger partial charge on any atom is 0.254 e. The largest absolute Gasteiger partial charge is 0.495 e. The minimum absolute atomic E-state index is 0.0167. The molecule has 8 nitrogen and oxygen atoms in total. The average molecular weight is 460 g/mol. The number of morpholine rings is 1. The zero-order valence-corrected chi connectivity index (χ0v) is 19.1. The summed E-state index contributed by atoms with van der Waals surface area (Å²) in [7, 11) is -2.38. The van der Waals surface area contributed by atoms with Crippen molar-refractivity contribution in [2.45, 2.75) is 36.6 Å². The number of hydrogen-bond donors (Lipinski definition) is 0. The molecule has 0 N–H and O–H groups in total. The van der Waals surface area contributed by atoms with Crippen LogP contribution in [-0.2, 0) is 14.8 Å². The van der Waals surface area contributed by atoms with E-state index in [9.17, 15) is 13.2 Å². The van der Waals surface area contributed by atoms with E-state index in [2.05, 4.69) is 4.98 Å². The number of nitrogens with zero attached hydrogens (tertiary/aromatic N) is 3. The van der Waals surface area contributed by atoms with Crippen molar-refractivity contribution in [3.63, 3.8) is 0 Å². The Bertz CT molecular complexity index is 1040. The van der Waals surface area contributed by atoms with E-state index in [0.29, 0.717) is 25.3 Å². The van der Waals surface area contributed by atoms with Crippen LogP contribution in [0.25, 0.3) is 0 Å². The van der Waals surface area contributed by atoms with Crippen LogP contribution in [0.4, 0.5) is 0 Å².